The van der Waals surface area contributed by atoms with Crippen LogP contribution in [0.4, 0.5) is 5.82 Å². The maximum Gasteiger partial charge on any atom is 0.234 e. The van der Waals surface area contributed by atoms with Gasteiger partial charge in [-0.25, -0.2) is 0 Å². The van der Waals surface area contributed by atoms with E-state index < -0.39 is 5.60 Å². The van der Waals surface area contributed by atoms with Gasteiger partial charge in [0.1, 0.15) is 5.82 Å². The molecule has 0 fully saturated rings. The third-order valence-electron chi connectivity index (χ3n) is 1.59. The minimum atomic E-state index is -0.728. The normalized spacial score (nSPS) is 11.4. The van der Waals surface area contributed by atoms with Gasteiger partial charge < -0.3 is 15.6 Å². The van der Waals surface area contributed by atoms with Gasteiger partial charge in [-0.1, -0.05) is 0 Å². The van der Waals surface area contributed by atoms with Crippen molar-refractivity contribution < 1.29 is 9.84 Å². The van der Waals surface area contributed by atoms with E-state index in [2.05, 4.69) is 9.97 Å². The molecule has 78 valence electrons. The molecule has 0 saturated heterocycles. The van der Waals surface area contributed by atoms with Gasteiger partial charge in [-0.15, -0.1) is 0 Å². The quantitative estimate of drug-likeness (QED) is 0.738. The molecule has 0 spiro atoms. The van der Waals surface area contributed by atoms with E-state index in [0.717, 1.165) is 0 Å². The van der Waals surface area contributed by atoms with Gasteiger partial charge in [-0.05, 0) is 13.8 Å². The number of nitrogen functional groups attached to an aromatic ring is 1. The summed E-state index contributed by atoms with van der Waals surface area (Å²) in [5.41, 5.74) is 4.68. The molecule has 0 atom stereocenters. The summed E-state index contributed by atoms with van der Waals surface area (Å²) in [7, 11) is 0. The Balaban J connectivity index is 2.39. The second-order valence-electron chi connectivity index (χ2n) is 3.69. The van der Waals surface area contributed by atoms with Crippen molar-refractivity contribution in [2.75, 3.05) is 12.3 Å². The average molecular weight is 197 g/mol. The van der Waals surface area contributed by atoms with E-state index in [-0.39, 0.29) is 0 Å². The van der Waals surface area contributed by atoms with Crippen LogP contribution >= 0.6 is 0 Å². The van der Waals surface area contributed by atoms with Crippen LogP contribution in [0, 0.1) is 0 Å². The number of ether oxygens (including phenoxy) is 1. The number of nitrogens with two attached hydrogens (primary N) is 1. The van der Waals surface area contributed by atoms with Gasteiger partial charge in [0.15, 0.2) is 0 Å². The molecule has 1 aromatic rings. The first kappa shape index (κ1) is 10.7. The van der Waals surface area contributed by atoms with E-state index in [9.17, 15) is 5.11 Å². The Morgan fingerprint density at radius 1 is 1.50 bits per heavy atom. The lowest BCUT2D eigenvalue weighted by Gasteiger charge is -2.16. The van der Waals surface area contributed by atoms with Gasteiger partial charge in [0.2, 0.25) is 5.88 Å². The van der Waals surface area contributed by atoms with Crippen LogP contribution in [0.2, 0.25) is 0 Å². The van der Waals surface area contributed by atoms with Crippen molar-refractivity contribution in [3.8, 4) is 5.88 Å². The van der Waals surface area contributed by atoms with E-state index in [0.29, 0.717) is 24.7 Å². The zero-order valence-corrected chi connectivity index (χ0v) is 8.40. The monoisotopic (exact) mass is 197 g/mol. The van der Waals surface area contributed by atoms with Crippen LogP contribution < -0.4 is 10.5 Å². The summed E-state index contributed by atoms with van der Waals surface area (Å²) >= 11 is 0. The highest BCUT2D eigenvalue weighted by atomic mass is 16.5. The first-order valence-corrected chi connectivity index (χ1v) is 4.40. The van der Waals surface area contributed by atoms with Gasteiger partial charge >= 0.3 is 0 Å². The summed E-state index contributed by atoms with van der Waals surface area (Å²) in [6.45, 7) is 3.84. The van der Waals surface area contributed by atoms with Gasteiger partial charge in [-0.2, -0.15) is 4.98 Å². The maximum atomic E-state index is 9.41. The number of anilines is 1. The Kier molecular flexibility index (Phi) is 3.24. The standard InChI is InChI=1S/C9H15N3O2/c1-9(2,13)3-4-14-8-6-11-5-7(10)12-8/h5-6,13H,3-4H2,1-2H3,(H2,10,12). The number of aliphatic hydroxyl groups is 1. The van der Waals surface area contributed by atoms with Crippen molar-refractivity contribution in [1.29, 1.82) is 0 Å². The SMILES string of the molecule is CC(C)(O)CCOc1cncc(N)n1. The van der Waals surface area contributed by atoms with Crippen molar-refractivity contribution in [2.45, 2.75) is 25.9 Å². The third kappa shape index (κ3) is 4.04. The molecule has 0 amide bonds. The third-order valence-corrected chi connectivity index (χ3v) is 1.59. The van der Waals surface area contributed by atoms with Crippen molar-refractivity contribution in [2.24, 2.45) is 0 Å². The van der Waals surface area contributed by atoms with Gasteiger partial charge in [0.05, 0.1) is 24.6 Å². The molecular weight excluding hydrogens is 182 g/mol. The molecule has 5 heteroatoms. The second kappa shape index (κ2) is 4.23. The van der Waals surface area contributed by atoms with Crippen molar-refractivity contribution in [3.63, 3.8) is 0 Å². The predicted octanol–water partition coefficient (Wildman–Crippen LogP) is 0.599. The van der Waals surface area contributed by atoms with E-state index in [1.807, 2.05) is 0 Å². The lowest BCUT2D eigenvalue weighted by Crippen LogP contribution is -2.22. The molecule has 1 rings (SSSR count). The fourth-order valence-corrected chi connectivity index (χ4v) is 0.837. The van der Waals surface area contributed by atoms with Gasteiger partial charge in [0.25, 0.3) is 0 Å². The van der Waals surface area contributed by atoms with Crippen LogP contribution in [0.3, 0.4) is 0 Å². The molecule has 0 aliphatic heterocycles. The molecule has 14 heavy (non-hydrogen) atoms. The molecule has 5 nitrogen and oxygen atoms in total. The maximum absolute atomic E-state index is 9.41. The number of nitrogens with zero attached hydrogens (tertiary/aromatic N) is 2. The summed E-state index contributed by atoms with van der Waals surface area (Å²) in [6.07, 6.45) is 3.47. The molecule has 0 unspecified atom stereocenters. The predicted molar refractivity (Wildman–Crippen MR) is 52.9 cm³/mol. The van der Waals surface area contributed by atoms with E-state index in [1.54, 1.807) is 13.8 Å². The van der Waals surface area contributed by atoms with Crippen LogP contribution in [-0.2, 0) is 0 Å². The minimum absolute atomic E-state index is 0.325. The first-order valence-electron chi connectivity index (χ1n) is 4.40. The minimum Gasteiger partial charge on any atom is -0.476 e. The summed E-state index contributed by atoms with van der Waals surface area (Å²) in [5.74, 6) is 0.708. The Bertz CT molecular complexity index is 296. The van der Waals surface area contributed by atoms with Gasteiger partial charge in [-0.3, -0.25) is 4.98 Å². The second-order valence-corrected chi connectivity index (χ2v) is 3.69. The summed E-state index contributed by atoms with van der Waals surface area (Å²) in [4.78, 5) is 7.73. The van der Waals surface area contributed by atoms with Crippen LogP contribution in [-0.4, -0.2) is 27.3 Å². The Morgan fingerprint density at radius 2 is 2.21 bits per heavy atom. The van der Waals surface area contributed by atoms with Crippen molar-refractivity contribution in [1.82, 2.24) is 9.97 Å². The van der Waals surface area contributed by atoms with E-state index >= 15 is 0 Å². The number of aromatic nitrogens is 2. The zero-order valence-electron chi connectivity index (χ0n) is 8.40. The zero-order chi connectivity index (χ0) is 10.6. The fourth-order valence-electron chi connectivity index (χ4n) is 0.837. The van der Waals surface area contributed by atoms with Crippen molar-refractivity contribution in [3.05, 3.63) is 12.4 Å². The van der Waals surface area contributed by atoms with E-state index in [4.69, 9.17) is 10.5 Å². The topological polar surface area (TPSA) is 81.3 Å². The highest BCUT2D eigenvalue weighted by molar-refractivity contribution is 5.25. The van der Waals surface area contributed by atoms with Crippen LogP contribution in [0.15, 0.2) is 12.4 Å². The smallest absolute Gasteiger partial charge is 0.234 e. The first-order chi connectivity index (χ1) is 6.47. The lowest BCUT2D eigenvalue weighted by atomic mass is 10.1. The van der Waals surface area contributed by atoms with Gasteiger partial charge in [0, 0.05) is 6.42 Å². The molecule has 0 bridgehead atoms. The van der Waals surface area contributed by atoms with Crippen LogP contribution in [0.25, 0.3) is 0 Å². The molecule has 1 aromatic heterocycles. The average Bonchev–Trinajstić information content (AvgIpc) is 2.01. The fraction of sp³-hybridized carbons (Fsp3) is 0.556. The molecular formula is C9H15N3O2. The molecule has 0 aliphatic carbocycles. The highest BCUT2D eigenvalue weighted by Crippen LogP contribution is 2.10. The lowest BCUT2D eigenvalue weighted by molar-refractivity contribution is 0.0546. The van der Waals surface area contributed by atoms with Crippen LogP contribution in [0.5, 0.6) is 5.88 Å². The summed E-state index contributed by atoms with van der Waals surface area (Å²) in [5, 5.41) is 9.41. The van der Waals surface area contributed by atoms with Crippen molar-refractivity contribution >= 4 is 5.82 Å². The molecule has 0 aliphatic rings. The highest BCUT2D eigenvalue weighted by Gasteiger charge is 2.12. The Morgan fingerprint density at radius 3 is 2.79 bits per heavy atom. The molecule has 0 aromatic carbocycles. The number of hydrogen-bond donors (Lipinski definition) is 2. The summed E-state index contributed by atoms with van der Waals surface area (Å²) in [6, 6.07) is 0. The molecule has 1 heterocycles. The van der Waals surface area contributed by atoms with E-state index in [1.165, 1.54) is 12.4 Å². The Labute approximate surface area is 82.9 Å². The molecule has 0 saturated carbocycles. The number of rotatable bonds is 4. The van der Waals surface area contributed by atoms with Crippen LogP contribution in [0.1, 0.15) is 20.3 Å². The molecule has 3 N–H and O–H groups in total. The largest absolute Gasteiger partial charge is 0.476 e. The number of hydrogen-bond acceptors (Lipinski definition) is 5. The molecule has 0 radical (unpaired) electrons. The Hall–Kier alpha value is -1.36. The summed E-state index contributed by atoms with van der Waals surface area (Å²) < 4.78 is 5.25.